The van der Waals surface area contributed by atoms with Gasteiger partial charge in [-0.1, -0.05) is 53.7 Å². The van der Waals surface area contributed by atoms with Gasteiger partial charge in [0.2, 0.25) is 0 Å². The van der Waals surface area contributed by atoms with Gasteiger partial charge in [-0.15, -0.1) is 0 Å². The van der Waals surface area contributed by atoms with Crippen LogP contribution in [-0.4, -0.2) is 21.9 Å². The number of aliphatic hydroxyl groups excluding tert-OH is 1. The van der Waals surface area contributed by atoms with Crippen molar-refractivity contribution >= 4 is 0 Å². The van der Waals surface area contributed by atoms with E-state index in [1.807, 2.05) is 0 Å². The minimum Gasteiger partial charge on any atom is -0.393 e. The lowest BCUT2D eigenvalue weighted by Gasteiger charge is -2.70. The second-order valence-electron chi connectivity index (χ2n) is 14.8. The molecule has 0 bridgehead atoms. The molecule has 2 heteroatoms. The minimum atomic E-state index is -0.576. The highest BCUT2D eigenvalue weighted by molar-refractivity contribution is 5.18. The normalized spacial score (nSPS) is 49.3. The molecule has 0 heterocycles. The first-order valence-corrected chi connectivity index (χ1v) is 14.2. The van der Waals surface area contributed by atoms with E-state index in [4.69, 9.17) is 0 Å². The summed E-state index contributed by atoms with van der Waals surface area (Å²) < 4.78 is 0. The monoisotopic (exact) mass is 458 g/mol. The van der Waals surface area contributed by atoms with Gasteiger partial charge in [0.25, 0.3) is 0 Å². The molecule has 33 heavy (non-hydrogen) atoms. The van der Waals surface area contributed by atoms with E-state index in [9.17, 15) is 10.2 Å². The van der Waals surface area contributed by atoms with Crippen LogP contribution in [0.25, 0.3) is 0 Å². The average molecular weight is 459 g/mol. The number of fused-ring (bicyclic) bond motifs is 5. The molecule has 0 aliphatic heterocycles. The minimum absolute atomic E-state index is 0.0218. The maximum Gasteiger partial charge on any atom is 0.0650 e. The predicted molar refractivity (Wildman–Crippen MR) is 139 cm³/mol. The number of hydrogen-bond acceptors (Lipinski definition) is 2. The molecule has 0 aromatic heterocycles. The molecule has 4 aliphatic carbocycles. The summed E-state index contributed by atoms with van der Waals surface area (Å²) in [6.45, 7) is 23.2. The molecular weight excluding hydrogens is 404 g/mol. The lowest BCUT2D eigenvalue weighted by atomic mass is 9.35. The van der Waals surface area contributed by atoms with E-state index in [2.05, 4.69) is 62.0 Å². The van der Waals surface area contributed by atoms with Crippen molar-refractivity contribution in [1.29, 1.82) is 0 Å². The molecule has 0 aromatic rings. The van der Waals surface area contributed by atoms with Crippen molar-refractivity contribution in [3.8, 4) is 0 Å². The van der Waals surface area contributed by atoms with Gasteiger partial charge in [0.15, 0.2) is 0 Å². The van der Waals surface area contributed by atoms with Crippen molar-refractivity contribution in [1.82, 2.24) is 0 Å². The average Bonchev–Trinajstić information content (AvgIpc) is 3.08. The van der Waals surface area contributed by atoms with E-state index in [-0.39, 0.29) is 11.5 Å². The maximum absolute atomic E-state index is 11.8. The fraction of sp³-hybridized carbons (Fsp3) is 0.935. The molecule has 4 fully saturated rings. The first-order valence-electron chi connectivity index (χ1n) is 14.2. The Morgan fingerprint density at radius 2 is 1.58 bits per heavy atom. The SMILES string of the molecule is C=C(C)C(C)CCC(C)(O)C1CCC2(C)C1CCC1C3(C)CCC(O)C(C)(C)C3CCC12C. The van der Waals surface area contributed by atoms with Crippen LogP contribution in [-0.2, 0) is 0 Å². The third-order valence-corrected chi connectivity index (χ3v) is 13.1. The Hall–Kier alpha value is -0.340. The Morgan fingerprint density at radius 3 is 2.21 bits per heavy atom. The second-order valence-corrected chi connectivity index (χ2v) is 14.8. The Kier molecular flexibility index (Phi) is 6.31. The molecule has 2 N–H and O–H groups in total. The third-order valence-electron chi connectivity index (χ3n) is 13.1. The van der Waals surface area contributed by atoms with Gasteiger partial charge < -0.3 is 10.2 Å². The number of hydrogen-bond donors (Lipinski definition) is 2. The van der Waals surface area contributed by atoms with Gasteiger partial charge in [-0.2, -0.15) is 0 Å². The summed E-state index contributed by atoms with van der Waals surface area (Å²) in [7, 11) is 0. The molecule has 0 aromatic carbocycles. The zero-order chi connectivity index (χ0) is 24.6. The van der Waals surface area contributed by atoms with Crippen LogP contribution in [0.15, 0.2) is 12.2 Å². The summed E-state index contributed by atoms with van der Waals surface area (Å²) in [6.07, 6.45) is 11.5. The molecular formula is C31H54O2. The van der Waals surface area contributed by atoms with E-state index >= 15 is 0 Å². The highest BCUT2D eigenvalue weighted by Crippen LogP contribution is 2.75. The Bertz CT molecular complexity index is 767. The zero-order valence-electron chi connectivity index (χ0n) is 23.1. The van der Waals surface area contributed by atoms with E-state index < -0.39 is 5.60 Å². The third kappa shape index (κ3) is 3.62. The Morgan fingerprint density at radius 1 is 0.939 bits per heavy atom. The second kappa shape index (κ2) is 8.09. The lowest BCUT2D eigenvalue weighted by molar-refractivity contribution is -0.225. The molecule has 0 amide bonds. The van der Waals surface area contributed by atoms with E-state index in [0.717, 1.165) is 25.2 Å². The summed E-state index contributed by atoms with van der Waals surface area (Å²) in [6, 6.07) is 0. The molecule has 0 radical (unpaired) electrons. The molecule has 190 valence electrons. The highest BCUT2D eigenvalue weighted by Gasteiger charge is 2.69. The smallest absolute Gasteiger partial charge is 0.0650 e. The molecule has 2 nitrogen and oxygen atoms in total. The molecule has 4 saturated carbocycles. The van der Waals surface area contributed by atoms with Crippen LogP contribution in [0.1, 0.15) is 120 Å². The quantitative estimate of drug-likeness (QED) is 0.413. The van der Waals surface area contributed by atoms with E-state index in [1.165, 1.54) is 50.5 Å². The van der Waals surface area contributed by atoms with Crippen molar-refractivity contribution < 1.29 is 10.2 Å². The van der Waals surface area contributed by atoms with Gasteiger partial charge >= 0.3 is 0 Å². The van der Waals surface area contributed by atoms with Crippen molar-refractivity contribution in [2.75, 3.05) is 0 Å². The van der Waals surface area contributed by atoms with Crippen LogP contribution in [0.2, 0.25) is 0 Å². The zero-order valence-corrected chi connectivity index (χ0v) is 23.1. The van der Waals surface area contributed by atoms with Crippen molar-refractivity contribution in [3.63, 3.8) is 0 Å². The van der Waals surface area contributed by atoms with Crippen LogP contribution in [0.5, 0.6) is 0 Å². The number of aliphatic hydroxyl groups is 2. The van der Waals surface area contributed by atoms with Gasteiger partial charge in [0.1, 0.15) is 0 Å². The Balaban J connectivity index is 1.59. The van der Waals surface area contributed by atoms with E-state index in [0.29, 0.717) is 39.9 Å². The fourth-order valence-corrected chi connectivity index (χ4v) is 10.4. The Labute approximate surface area is 205 Å². The first kappa shape index (κ1) is 25.7. The summed E-state index contributed by atoms with van der Waals surface area (Å²) in [4.78, 5) is 0. The standard InChI is InChI=1S/C31H54O2/c1-20(2)21(3)12-19-31(9,33)23-13-17-29(7)22(23)10-11-25-28(6)16-15-26(32)27(4,5)24(28)14-18-30(25,29)8/h21-26,32-33H,1,10-19H2,2-9H3. The van der Waals surface area contributed by atoms with Crippen LogP contribution < -0.4 is 0 Å². The number of rotatable bonds is 5. The molecule has 0 saturated heterocycles. The van der Waals surface area contributed by atoms with E-state index in [1.54, 1.807) is 0 Å². The summed E-state index contributed by atoms with van der Waals surface area (Å²) >= 11 is 0. The van der Waals surface area contributed by atoms with Crippen LogP contribution in [0.4, 0.5) is 0 Å². The van der Waals surface area contributed by atoms with Crippen molar-refractivity contribution in [3.05, 3.63) is 12.2 Å². The molecule has 0 spiro atoms. The maximum atomic E-state index is 11.8. The van der Waals surface area contributed by atoms with Crippen LogP contribution in [0.3, 0.4) is 0 Å². The molecule has 10 unspecified atom stereocenters. The molecule has 10 atom stereocenters. The van der Waals surface area contributed by atoms with Crippen LogP contribution in [0, 0.1) is 51.2 Å². The largest absolute Gasteiger partial charge is 0.393 e. The van der Waals surface area contributed by atoms with Crippen molar-refractivity contribution in [2.24, 2.45) is 51.2 Å². The van der Waals surface area contributed by atoms with Crippen LogP contribution >= 0.6 is 0 Å². The summed E-state index contributed by atoms with van der Waals surface area (Å²) in [5.74, 6) is 2.90. The van der Waals surface area contributed by atoms with Gasteiger partial charge in [0.05, 0.1) is 11.7 Å². The predicted octanol–water partition coefficient (Wildman–Crippen LogP) is 7.78. The molecule has 4 aliphatic rings. The lowest BCUT2D eigenvalue weighted by Crippen LogP contribution is -2.64. The fourth-order valence-electron chi connectivity index (χ4n) is 10.4. The van der Waals surface area contributed by atoms with Crippen molar-refractivity contribution in [2.45, 2.75) is 131 Å². The van der Waals surface area contributed by atoms with Gasteiger partial charge in [-0.3, -0.25) is 0 Å². The van der Waals surface area contributed by atoms with Gasteiger partial charge in [-0.05, 0) is 129 Å². The number of allylic oxidation sites excluding steroid dienone is 1. The summed E-state index contributed by atoms with van der Waals surface area (Å²) in [5, 5.41) is 22.6. The van der Waals surface area contributed by atoms with Gasteiger partial charge in [-0.25, -0.2) is 0 Å². The summed E-state index contributed by atoms with van der Waals surface area (Å²) in [5.41, 5.74) is 1.68. The first-order chi connectivity index (χ1) is 15.1. The highest BCUT2D eigenvalue weighted by atomic mass is 16.3. The topological polar surface area (TPSA) is 40.5 Å². The molecule has 4 rings (SSSR count). The van der Waals surface area contributed by atoms with Gasteiger partial charge in [0, 0.05) is 0 Å².